The highest BCUT2D eigenvalue weighted by Crippen LogP contribution is 2.37. The van der Waals surface area contributed by atoms with Gasteiger partial charge in [0, 0.05) is 43.4 Å². The molecule has 0 saturated carbocycles. The number of hydrogen-bond acceptors (Lipinski definition) is 6. The van der Waals surface area contributed by atoms with Gasteiger partial charge in [0.2, 0.25) is 10.0 Å². The van der Waals surface area contributed by atoms with E-state index in [1.54, 1.807) is 24.4 Å². The van der Waals surface area contributed by atoms with Gasteiger partial charge in [-0.2, -0.15) is 4.31 Å². The van der Waals surface area contributed by atoms with E-state index < -0.39 is 21.5 Å². The number of ether oxygens (including phenoxy) is 1. The first-order valence-electron chi connectivity index (χ1n) is 9.13. The van der Waals surface area contributed by atoms with Crippen LogP contribution in [0.15, 0.2) is 30.0 Å². The molecule has 148 valence electrons. The van der Waals surface area contributed by atoms with Crippen molar-refractivity contribution in [1.82, 2.24) is 14.2 Å². The van der Waals surface area contributed by atoms with Crippen LogP contribution in [-0.4, -0.2) is 80.1 Å². The summed E-state index contributed by atoms with van der Waals surface area (Å²) in [5.41, 5.74) is 0.291. The predicted octanol–water partition coefficient (Wildman–Crippen LogP) is 1.04. The van der Waals surface area contributed by atoms with E-state index in [2.05, 4.69) is 9.88 Å². The van der Waals surface area contributed by atoms with Crippen molar-refractivity contribution < 1.29 is 17.9 Å². The third kappa shape index (κ3) is 4.45. The Balaban J connectivity index is 1.95. The van der Waals surface area contributed by atoms with Gasteiger partial charge in [0.15, 0.2) is 5.78 Å². The number of pyridine rings is 1. The fourth-order valence-electron chi connectivity index (χ4n) is 3.72. The molecular formula is C19H27N3O4S. The fourth-order valence-corrected chi connectivity index (χ4v) is 4.89. The highest BCUT2D eigenvalue weighted by Gasteiger charge is 2.49. The molecule has 0 aromatic carbocycles. The Morgan fingerprint density at radius 2 is 2.00 bits per heavy atom. The zero-order valence-electron chi connectivity index (χ0n) is 16.1. The van der Waals surface area contributed by atoms with E-state index in [1.165, 1.54) is 10.6 Å². The van der Waals surface area contributed by atoms with E-state index in [0.717, 1.165) is 13.1 Å². The normalized spacial score (nSPS) is 26.4. The SMILES string of the molecule is CC1(C)C(=O)C(=Cc2ccccn2)CN(S(C)(=O)=O)C1CN1CCOCC1. The largest absolute Gasteiger partial charge is 0.379 e. The number of hydrogen-bond donors (Lipinski definition) is 0. The minimum Gasteiger partial charge on any atom is -0.379 e. The molecule has 7 nitrogen and oxygen atoms in total. The highest BCUT2D eigenvalue weighted by molar-refractivity contribution is 7.88. The lowest BCUT2D eigenvalue weighted by atomic mass is 9.74. The Labute approximate surface area is 161 Å². The molecule has 2 fully saturated rings. The summed E-state index contributed by atoms with van der Waals surface area (Å²) in [6.07, 6.45) is 4.57. The lowest BCUT2D eigenvalue weighted by Gasteiger charge is -2.47. The third-order valence-electron chi connectivity index (χ3n) is 5.35. The number of piperidine rings is 1. The second-order valence-corrected chi connectivity index (χ2v) is 9.65. The maximum Gasteiger partial charge on any atom is 0.211 e. The molecule has 1 atom stereocenters. The Hall–Kier alpha value is -1.61. The average molecular weight is 394 g/mol. The molecule has 27 heavy (non-hydrogen) atoms. The van der Waals surface area contributed by atoms with Crippen LogP contribution in [0.25, 0.3) is 6.08 Å². The molecule has 0 radical (unpaired) electrons. The number of carbonyl (C=O) groups is 1. The Kier molecular flexibility index (Phi) is 5.81. The molecule has 8 heteroatoms. The smallest absolute Gasteiger partial charge is 0.211 e. The van der Waals surface area contributed by atoms with Crippen molar-refractivity contribution in [1.29, 1.82) is 0 Å². The van der Waals surface area contributed by atoms with Crippen LogP contribution in [0.2, 0.25) is 0 Å². The monoisotopic (exact) mass is 393 g/mol. The third-order valence-corrected chi connectivity index (χ3v) is 6.59. The van der Waals surface area contributed by atoms with E-state index in [9.17, 15) is 13.2 Å². The molecule has 2 aliphatic heterocycles. The zero-order chi connectivity index (χ0) is 19.7. The number of rotatable bonds is 4. The van der Waals surface area contributed by atoms with Gasteiger partial charge in [0.25, 0.3) is 0 Å². The number of nitrogens with zero attached hydrogens (tertiary/aromatic N) is 3. The summed E-state index contributed by atoms with van der Waals surface area (Å²) in [5.74, 6) is -0.0219. The van der Waals surface area contributed by atoms with Crippen LogP contribution in [0.5, 0.6) is 0 Å². The Morgan fingerprint density at radius 1 is 1.30 bits per heavy atom. The van der Waals surface area contributed by atoms with Crippen molar-refractivity contribution in [2.24, 2.45) is 5.41 Å². The highest BCUT2D eigenvalue weighted by atomic mass is 32.2. The second-order valence-electron chi connectivity index (χ2n) is 7.71. The molecule has 3 heterocycles. The number of ketones is 1. The predicted molar refractivity (Wildman–Crippen MR) is 104 cm³/mol. The first kappa shape index (κ1) is 20.1. The van der Waals surface area contributed by atoms with Crippen molar-refractivity contribution in [2.45, 2.75) is 19.9 Å². The summed E-state index contributed by atoms with van der Waals surface area (Å²) in [6.45, 7) is 7.02. The average Bonchev–Trinajstić information content (AvgIpc) is 2.62. The van der Waals surface area contributed by atoms with E-state index in [-0.39, 0.29) is 12.3 Å². The van der Waals surface area contributed by atoms with Gasteiger partial charge < -0.3 is 4.74 Å². The van der Waals surface area contributed by atoms with Gasteiger partial charge in [-0.3, -0.25) is 14.7 Å². The summed E-state index contributed by atoms with van der Waals surface area (Å²) in [6, 6.07) is 5.03. The molecule has 1 aromatic heterocycles. The number of aromatic nitrogens is 1. The molecule has 0 amide bonds. The molecular weight excluding hydrogens is 366 g/mol. The molecule has 0 spiro atoms. The lowest BCUT2D eigenvalue weighted by molar-refractivity contribution is -0.128. The van der Waals surface area contributed by atoms with Crippen LogP contribution in [0, 0.1) is 5.41 Å². The number of Topliss-reactive ketones (excluding diaryl/α,β-unsaturated/α-hetero) is 1. The molecule has 2 saturated heterocycles. The number of morpholine rings is 1. The second kappa shape index (κ2) is 7.79. The van der Waals surface area contributed by atoms with Gasteiger partial charge in [0.1, 0.15) is 0 Å². The van der Waals surface area contributed by atoms with Crippen LogP contribution in [0.1, 0.15) is 19.5 Å². The van der Waals surface area contributed by atoms with Crippen molar-refractivity contribution >= 4 is 21.9 Å². The van der Waals surface area contributed by atoms with Crippen molar-refractivity contribution in [3.63, 3.8) is 0 Å². The summed E-state index contributed by atoms with van der Waals surface area (Å²) < 4.78 is 32.0. The molecule has 0 aliphatic carbocycles. The Bertz CT molecular complexity index is 815. The van der Waals surface area contributed by atoms with E-state index in [4.69, 9.17) is 4.74 Å². The van der Waals surface area contributed by atoms with Gasteiger partial charge in [-0.15, -0.1) is 0 Å². The van der Waals surface area contributed by atoms with E-state index >= 15 is 0 Å². The van der Waals surface area contributed by atoms with Crippen molar-refractivity contribution in [2.75, 3.05) is 45.6 Å². The van der Waals surface area contributed by atoms with E-state index in [1.807, 2.05) is 19.9 Å². The van der Waals surface area contributed by atoms with Crippen LogP contribution in [0.4, 0.5) is 0 Å². The molecule has 3 rings (SSSR count). The Morgan fingerprint density at radius 3 is 2.59 bits per heavy atom. The van der Waals surface area contributed by atoms with Gasteiger partial charge in [-0.1, -0.05) is 19.9 Å². The first-order chi connectivity index (χ1) is 12.7. The quantitative estimate of drug-likeness (QED) is 0.711. The number of sulfonamides is 1. The van der Waals surface area contributed by atoms with Crippen molar-refractivity contribution in [3.8, 4) is 0 Å². The minimum absolute atomic E-state index is 0.0219. The van der Waals surface area contributed by atoms with Crippen LogP contribution >= 0.6 is 0 Å². The standard InChI is InChI=1S/C19H27N3O4S/c1-19(2)17(14-21-8-10-26-11-9-21)22(27(3,24)25)13-15(18(19)23)12-16-6-4-5-7-20-16/h4-7,12,17H,8-11,13-14H2,1-3H3. The molecule has 1 aromatic rings. The maximum absolute atomic E-state index is 13.2. The topological polar surface area (TPSA) is 79.8 Å². The summed E-state index contributed by atoms with van der Waals surface area (Å²) >= 11 is 0. The summed E-state index contributed by atoms with van der Waals surface area (Å²) in [5, 5.41) is 0. The maximum atomic E-state index is 13.2. The van der Waals surface area contributed by atoms with Gasteiger partial charge in [0.05, 0.1) is 31.2 Å². The lowest BCUT2D eigenvalue weighted by Crippen LogP contribution is -2.61. The molecule has 1 unspecified atom stereocenters. The molecule has 0 bridgehead atoms. The minimum atomic E-state index is -3.48. The van der Waals surface area contributed by atoms with Crippen LogP contribution in [-0.2, 0) is 19.6 Å². The molecule has 0 N–H and O–H groups in total. The first-order valence-corrected chi connectivity index (χ1v) is 11.0. The van der Waals surface area contributed by atoms with Crippen molar-refractivity contribution in [3.05, 3.63) is 35.7 Å². The number of carbonyl (C=O) groups excluding carboxylic acids is 1. The summed E-state index contributed by atoms with van der Waals surface area (Å²) in [7, 11) is -3.48. The summed E-state index contributed by atoms with van der Waals surface area (Å²) in [4.78, 5) is 19.6. The van der Waals surface area contributed by atoms with E-state index in [0.29, 0.717) is 31.0 Å². The fraction of sp³-hybridized carbons (Fsp3) is 0.579. The van der Waals surface area contributed by atoms with Gasteiger partial charge in [-0.05, 0) is 18.2 Å². The van der Waals surface area contributed by atoms with Gasteiger partial charge >= 0.3 is 0 Å². The van der Waals surface area contributed by atoms with Crippen LogP contribution < -0.4 is 0 Å². The molecule has 2 aliphatic rings. The van der Waals surface area contributed by atoms with Crippen LogP contribution in [0.3, 0.4) is 0 Å². The van der Waals surface area contributed by atoms with Gasteiger partial charge in [-0.25, -0.2) is 8.42 Å². The zero-order valence-corrected chi connectivity index (χ0v) is 16.9.